The third-order valence-corrected chi connectivity index (χ3v) is 2.85. The highest BCUT2D eigenvalue weighted by Crippen LogP contribution is 2.25. The van der Waals surface area contributed by atoms with Crippen molar-refractivity contribution in [3.63, 3.8) is 0 Å². The van der Waals surface area contributed by atoms with Gasteiger partial charge in [-0.1, -0.05) is 6.92 Å². The normalized spacial score (nSPS) is 10.9. The summed E-state index contributed by atoms with van der Waals surface area (Å²) >= 11 is 1.82. The van der Waals surface area contributed by atoms with E-state index in [4.69, 9.17) is 0 Å². The zero-order valence-corrected chi connectivity index (χ0v) is 8.51. The molecule has 2 rings (SSSR count). The van der Waals surface area contributed by atoms with Crippen molar-refractivity contribution in [2.24, 2.45) is 7.05 Å². The summed E-state index contributed by atoms with van der Waals surface area (Å²) in [5, 5.41) is 5.33. The van der Waals surface area contributed by atoms with Crippen LogP contribution in [0.3, 0.4) is 0 Å². The van der Waals surface area contributed by atoms with Crippen LogP contribution in [0.5, 0.6) is 0 Å². The van der Waals surface area contributed by atoms with E-state index in [1.54, 1.807) is 4.68 Å². The summed E-state index contributed by atoms with van der Waals surface area (Å²) in [6, 6.07) is 2.04. The van der Waals surface area contributed by atoms with Gasteiger partial charge in [0.25, 0.3) is 0 Å². The van der Waals surface area contributed by atoms with Gasteiger partial charge in [0.2, 0.25) is 0 Å². The number of aromatic nitrogens is 3. The number of rotatable bonds is 2. The van der Waals surface area contributed by atoms with Crippen molar-refractivity contribution in [2.75, 3.05) is 5.75 Å². The molecule has 68 valence electrons. The van der Waals surface area contributed by atoms with E-state index in [1.165, 1.54) is 4.90 Å². The molecule has 0 atom stereocenters. The lowest BCUT2D eigenvalue weighted by atomic mass is 10.3. The predicted molar refractivity (Wildman–Crippen MR) is 54.9 cm³/mol. The molecule has 2 aromatic rings. The van der Waals surface area contributed by atoms with Crippen molar-refractivity contribution in [2.45, 2.75) is 11.8 Å². The molecule has 0 radical (unpaired) electrons. The average Bonchev–Trinajstić information content (AvgIpc) is 2.50. The molecule has 4 heteroatoms. The van der Waals surface area contributed by atoms with E-state index in [-0.39, 0.29) is 0 Å². The van der Waals surface area contributed by atoms with Gasteiger partial charge in [-0.3, -0.25) is 4.68 Å². The van der Waals surface area contributed by atoms with Crippen LogP contribution >= 0.6 is 11.8 Å². The van der Waals surface area contributed by atoms with Gasteiger partial charge < -0.3 is 0 Å². The second-order valence-corrected chi connectivity index (χ2v) is 4.05. The van der Waals surface area contributed by atoms with Crippen molar-refractivity contribution >= 4 is 22.8 Å². The van der Waals surface area contributed by atoms with Gasteiger partial charge in [0.05, 0.1) is 11.6 Å². The molecule has 0 N–H and O–H groups in total. The summed E-state index contributed by atoms with van der Waals surface area (Å²) in [4.78, 5) is 5.54. The van der Waals surface area contributed by atoms with E-state index in [0.29, 0.717) is 0 Å². The fourth-order valence-electron chi connectivity index (χ4n) is 1.30. The van der Waals surface area contributed by atoms with Gasteiger partial charge in [-0.05, 0) is 11.8 Å². The smallest absolute Gasteiger partial charge is 0.158 e. The Kier molecular flexibility index (Phi) is 2.22. The number of nitrogens with zero attached hydrogens (tertiary/aromatic N) is 3. The van der Waals surface area contributed by atoms with E-state index < -0.39 is 0 Å². The first-order valence-corrected chi connectivity index (χ1v) is 5.21. The van der Waals surface area contributed by atoms with Crippen LogP contribution in [0.25, 0.3) is 11.0 Å². The molecule has 0 aliphatic carbocycles. The van der Waals surface area contributed by atoms with Crippen LogP contribution in [0.15, 0.2) is 23.4 Å². The van der Waals surface area contributed by atoms with Gasteiger partial charge in [0.1, 0.15) is 0 Å². The molecular formula is C9H11N3S. The van der Waals surface area contributed by atoms with Crippen LogP contribution in [0.4, 0.5) is 0 Å². The van der Waals surface area contributed by atoms with E-state index in [2.05, 4.69) is 17.0 Å². The minimum absolute atomic E-state index is 0.957. The second-order valence-electron chi connectivity index (χ2n) is 2.75. The summed E-state index contributed by atoms with van der Waals surface area (Å²) in [5.74, 6) is 1.08. The fraction of sp³-hybridized carbons (Fsp3) is 0.333. The summed E-state index contributed by atoms with van der Waals surface area (Å²) in [7, 11) is 1.91. The summed E-state index contributed by atoms with van der Waals surface area (Å²) in [6.07, 6.45) is 3.71. The Labute approximate surface area is 81.2 Å². The first kappa shape index (κ1) is 8.56. The van der Waals surface area contributed by atoms with E-state index in [1.807, 2.05) is 37.3 Å². The van der Waals surface area contributed by atoms with Crippen LogP contribution in [0, 0.1) is 0 Å². The Morgan fingerprint density at radius 2 is 2.38 bits per heavy atom. The topological polar surface area (TPSA) is 30.7 Å². The maximum Gasteiger partial charge on any atom is 0.158 e. The van der Waals surface area contributed by atoms with Gasteiger partial charge in [0.15, 0.2) is 5.65 Å². The average molecular weight is 193 g/mol. The lowest BCUT2D eigenvalue weighted by Crippen LogP contribution is -1.91. The van der Waals surface area contributed by atoms with E-state index in [0.717, 1.165) is 16.8 Å². The third-order valence-electron chi connectivity index (χ3n) is 1.90. The molecule has 0 aliphatic rings. The Balaban J connectivity index is 2.63. The number of thioether (sulfide) groups is 1. The van der Waals surface area contributed by atoms with Crippen LogP contribution < -0.4 is 0 Å². The molecule has 0 aliphatic heterocycles. The molecule has 0 aromatic carbocycles. The molecule has 0 saturated carbocycles. The Morgan fingerprint density at radius 1 is 1.54 bits per heavy atom. The van der Waals surface area contributed by atoms with E-state index in [9.17, 15) is 0 Å². The molecule has 0 bridgehead atoms. The lowest BCUT2D eigenvalue weighted by molar-refractivity contribution is 0.786. The Hall–Kier alpha value is -1.03. The quantitative estimate of drug-likeness (QED) is 0.684. The van der Waals surface area contributed by atoms with Gasteiger partial charge in [-0.2, -0.15) is 5.10 Å². The molecule has 0 amide bonds. The number of pyridine rings is 1. The molecule has 2 aromatic heterocycles. The summed E-state index contributed by atoms with van der Waals surface area (Å²) in [5.41, 5.74) is 0.957. The van der Waals surface area contributed by atoms with Gasteiger partial charge in [0, 0.05) is 18.1 Å². The second kappa shape index (κ2) is 3.38. The molecular weight excluding hydrogens is 182 g/mol. The van der Waals surface area contributed by atoms with Crippen molar-refractivity contribution < 1.29 is 0 Å². The number of hydrogen-bond donors (Lipinski definition) is 0. The Morgan fingerprint density at radius 3 is 3.15 bits per heavy atom. The first-order valence-electron chi connectivity index (χ1n) is 4.22. The SMILES string of the molecule is CCSc1ccnc2c1cnn2C. The molecule has 2 heterocycles. The van der Waals surface area contributed by atoms with Crippen molar-refractivity contribution in [3.8, 4) is 0 Å². The zero-order valence-electron chi connectivity index (χ0n) is 7.69. The molecule has 13 heavy (non-hydrogen) atoms. The minimum atomic E-state index is 0.957. The van der Waals surface area contributed by atoms with Gasteiger partial charge >= 0.3 is 0 Å². The molecule has 0 fully saturated rings. The molecule has 0 saturated heterocycles. The maximum absolute atomic E-state index is 4.27. The lowest BCUT2D eigenvalue weighted by Gasteiger charge is -1.99. The number of aryl methyl sites for hydroxylation is 1. The molecule has 0 spiro atoms. The van der Waals surface area contributed by atoms with Crippen molar-refractivity contribution in [3.05, 3.63) is 18.5 Å². The highest BCUT2D eigenvalue weighted by molar-refractivity contribution is 7.99. The largest absolute Gasteiger partial charge is 0.250 e. The van der Waals surface area contributed by atoms with Crippen LogP contribution in [0.2, 0.25) is 0 Å². The summed E-state index contributed by atoms with van der Waals surface area (Å²) in [6.45, 7) is 2.15. The number of hydrogen-bond acceptors (Lipinski definition) is 3. The minimum Gasteiger partial charge on any atom is -0.250 e. The molecule has 0 unspecified atom stereocenters. The molecule has 3 nitrogen and oxygen atoms in total. The standard InChI is InChI=1S/C9H11N3S/c1-3-13-8-4-5-10-9-7(8)6-11-12(9)2/h4-6H,3H2,1-2H3. The zero-order chi connectivity index (χ0) is 9.26. The highest BCUT2D eigenvalue weighted by atomic mass is 32.2. The summed E-state index contributed by atoms with van der Waals surface area (Å²) < 4.78 is 1.80. The fourth-order valence-corrected chi connectivity index (χ4v) is 2.07. The van der Waals surface area contributed by atoms with Crippen molar-refractivity contribution in [1.29, 1.82) is 0 Å². The van der Waals surface area contributed by atoms with E-state index >= 15 is 0 Å². The highest BCUT2D eigenvalue weighted by Gasteiger charge is 2.04. The monoisotopic (exact) mass is 193 g/mol. The van der Waals surface area contributed by atoms with Crippen molar-refractivity contribution in [1.82, 2.24) is 14.8 Å². The van der Waals surface area contributed by atoms with Gasteiger partial charge in [-0.25, -0.2) is 4.98 Å². The van der Waals surface area contributed by atoms with Crippen LogP contribution in [-0.4, -0.2) is 20.5 Å². The first-order chi connectivity index (χ1) is 6.33. The Bertz CT molecular complexity index is 422. The van der Waals surface area contributed by atoms with Crippen LogP contribution in [0.1, 0.15) is 6.92 Å². The number of fused-ring (bicyclic) bond motifs is 1. The van der Waals surface area contributed by atoms with Crippen LogP contribution in [-0.2, 0) is 7.05 Å². The third kappa shape index (κ3) is 1.42. The maximum atomic E-state index is 4.27. The van der Waals surface area contributed by atoms with Gasteiger partial charge in [-0.15, -0.1) is 11.8 Å². The predicted octanol–water partition coefficient (Wildman–Crippen LogP) is 2.08.